The Bertz CT molecular complexity index is 1330. The molecule has 1 amide bonds. The number of aliphatic hydroxyl groups is 1. The molecule has 0 bridgehead atoms. The van der Waals surface area contributed by atoms with Gasteiger partial charge in [-0.3, -0.25) is 9.59 Å². The summed E-state index contributed by atoms with van der Waals surface area (Å²) in [6.07, 6.45) is 5.80. The molecule has 10 nitrogen and oxygen atoms in total. The molecule has 0 aliphatic carbocycles. The summed E-state index contributed by atoms with van der Waals surface area (Å²) in [5, 5.41) is 11.3. The van der Waals surface area contributed by atoms with Crippen molar-refractivity contribution in [1.29, 1.82) is 0 Å². The Morgan fingerprint density at radius 1 is 1.06 bits per heavy atom. The zero-order valence-electron chi connectivity index (χ0n) is 19.8. The largest absolute Gasteiger partial charge is 0.507 e. The second-order valence-electron chi connectivity index (χ2n) is 8.33. The molecule has 186 valence electrons. The van der Waals surface area contributed by atoms with Crippen molar-refractivity contribution < 1.29 is 33.6 Å². The van der Waals surface area contributed by atoms with Crippen LogP contribution in [0.15, 0.2) is 60.7 Å². The third-order valence-corrected chi connectivity index (χ3v) is 6.28. The fraction of sp³-hybridized carbons (Fsp3) is 0.269. The predicted molar refractivity (Wildman–Crippen MR) is 128 cm³/mol. The van der Waals surface area contributed by atoms with E-state index in [9.17, 15) is 14.7 Å². The lowest BCUT2D eigenvalue weighted by Crippen LogP contribution is -2.31. The summed E-state index contributed by atoms with van der Waals surface area (Å²) < 4.78 is 23.5. The number of imidazole rings is 1. The average Bonchev–Trinajstić information content (AvgIpc) is 3.64. The molecule has 0 unspecified atom stereocenters. The number of aryl methyl sites for hydroxylation is 1. The molecule has 0 saturated carbocycles. The van der Waals surface area contributed by atoms with Gasteiger partial charge in [0.1, 0.15) is 5.76 Å². The Morgan fingerprint density at radius 3 is 2.61 bits per heavy atom. The Kier molecular flexibility index (Phi) is 6.24. The first-order chi connectivity index (χ1) is 17.5. The predicted octanol–water partition coefficient (Wildman–Crippen LogP) is 3.14. The summed E-state index contributed by atoms with van der Waals surface area (Å²) in [6.45, 7) is 1.01. The third-order valence-electron chi connectivity index (χ3n) is 6.28. The van der Waals surface area contributed by atoms with Crippen LogP contribution in [0.5, 0.6) is 23.0 Å². The van der Waals surface area contributed by atoms with Crippen LogP contribution in [0.25, 0.3) is 5.76 Å². The normalized spacial score (nSPS) is 18.1. The molecule has 3 aromatic rings. The Labute approximate surface area is 207 Å². The minimum atomic E-state index is -0.810. The highest BCUT2D eigenvalue weighted by molar-refractivity contribution is 6.46. The molecule has 2 aliphatic heterocycles. The van der Waals surface area contributed by atoms with Gasteiger partial charge in [0.05, 0.1) is 32.2 Å². The number of methoxy groups -OCH3 is 2. The van der Waals surface area contributed by atoms with Crippen molar-refractivity contribution >= 4 is 17.4 Å². The zero-order valence-corrected chi connectivity index (χ0v) is 19.8. The lowest BCUT2D eigenvalue weighted by atomic mass is 9.94. The highest BCUT2D eigenvalue weighted by atomic mass is 16.7. The summed E-state index contributed by atoms with van der Waals surface area (Å²) in [5.74, 6) is 0.224. The summed E-state index contributed by atoms with van der Waals surface area (Å²) in [5.41, 5.74) is 0.951. The number of Topliss-reactive ketones (excluding diaryl/α,β-unsaturated/α-hetero) is 1. The first kappa shape index (κ1) is 23.3. The smallest absolute Gasteiger partial charge is 0.295 e. The minimum absolute atomic E-state index is 0.00582. The monoisotopic (exact) mass is 491 g/mol. The van der Waals surface area contributed by atoms with Gasteiger partial charge in [0, 0.05) is 31.0 Å². The highest BCUT2D eigenvalue weighted by Gasteiger charge is 2.46. The van der Waals surface area contributed by atoms with Gasteiger partial charge in [-0.2, -0.15) is 0 Å². The molecule has 1 saturated heterocycles. The van der Waals surface area contributed by atoms with Crippen molar-refractivity contribution in [2.75, 3.05) is 27.6 Å². The number of aliphatic hydroxyl groups excluding tert-OH is 1. The maximum absolute atomic E-state index is 13.3. The Balaban J connectivity index is 1.56. The molecule has 0 radical (unpaired) electrons. The van der Waals surface area contributed by atoms with Crippen molar-refractivity contribution in [3.8, 4) is 23.0 Å². The number of nitrogens with zero attached hydrogens (tertiary/aromatic N) is 3. The van der Waals surface area contributed by atoms with E-state index in [4.69, 9.17) is 18.9 Å². The number of likely N-dealkylation sites (tertiary alicyclic amines) is 1. The van der Waals surface area contributed by atoms with Gasteiger partial charge in [0.25, 0.3) is 11.7 Å². The van der Waals surface area contributed by atoms with Crippen LogP contribution in [0.1, 0.15) is 23.6 Å². The van der Waals surface area contributed by atoms with Gasteiger partial charge in [0.15, 0.2) is 23.0 Å². The second-order valence-corrected chi connectivity index (χ2v) is 8.33. The van der Waals surface area contributed by atoms with E-state index in [1.165, 1.54) is 19.1 Å². The fourth-order valence-corrected chi connectivity index (χ4v) is 4.52. The first-order valence-corrected chi connectivity index (χ1v) is 11.4. The van der Waals surface area contributed by atoms with Gasteiger partial charge in [-0.15, -0.1) is 0 Å². The number of hydrogen-bond acceptors (Lipinski definition) is 8. The molecule has 1 fully saturated rings. The van der Waals surface area contributed by atoms with Crippen LogP contribution >= 0.6 is 0 Å². The van der Waals surface area contributed by atoms with E-state index in [1.54, 1.807) is 48.9 Å². The van der Waals surface area contributed by atoms with Crippen LogP contribution in [0.4, 0.5) is 0 Å². The number of ether oxygens (including phenoxy) is 4. The molecule has 5 rings (SSSR count). The van der Waals surface area contributed by atoms with Crippen molar-refractivity contribution in [2.24, 2.45) is 0 Å². The number of ketones is 1. The third kappa shape index (κ3) is 4.10. The van der Waals surface area contributed by atoms with Gasteiger partial charge in [-0.05, 0) is 42.3 Å². The van der Waals surface area contributed by atoms with E-state index in [0.717, 1.165) is 0 Å². The number of fused-ring (bicyclic) bond motifs is 1. The van der Waals surface area contributed by atoms with Gasteiger partial charge >= 0.3 is 0 Å². The molecular formula is C26H25N3O7. The molecule has 1 N–H and O–H groups in total. The minimum Gasteiger partial charge on any atom is -0.507 e. The lowest BCUT2D eigenvalue weighted by Gasteiger charge is -2.25. The summed E-state index contributed by atoms with van der Waals surface area (Å²) >= 11 is 0. The molecule has 2 aliphatic rings. The fourth-order valence-electron chi connectivity index (χ4n) is 4.52. The molecule has 10 heteroatoms. The van der Waals surface area contributed by atoms with Crippen LogP contribution in [0.3, 0.4) is 0 Å². The maximum Gasteiger partial charge on any atom is 0.295 e. The van der Waals surface area contributed by atoms with Crippen LogP contribution in [-0.2, 0) is 16.1 Å². The number of rotatable bonds is 8. The van der Waals surface area contributed by atoms with Gasteiger partial charge in [-0.25, -0.2) is 4.98 Å². The van der Waals surface area contributed by atoms with Crippen molar-refractivity contribution in [3.63, 3.8) is 0 Å². The highest BCUT2D eigenvalue weighted by Crippen LogP contribution is 2.43. The van der Waals surface area contributed by atoms with Gasteiger partial charge in [0.2, 0.25) is 6.79 Å². The number of hydrogen-bond donors (Lipinski definition) is 1. The molecule has 0 spiro atoms. The topological polar surface area (TPSA) is 112 Å². The standard InChI is InChI=1S/C26H25N3O7/c1-33-18-6-5-17(13-20(18)34-2)24(30)22-23(16-4-7-19-21(12-16)36-15-35-19)29(26(32)25(22)31)10-3-9-28-11-8-27-14-28/h4-8,11-14,23,30H,3,9-10,15H2,1-2H3/t23-/m1/s1. The number of carbonyl (C=O) groups is 2. The van der Waals surface area contributed by atoms with Gasteiger partial charge in [-0.1, -0.05) is 6.07 Å². The van der Waals surface area contributed by atoms with Crippen LogP contribution in [-0.4, -0.2) is 58.8 Å². The quantitative estimate of drug-likeness (QED) is 0.291. The van der Waals surface area contributed by atoms with E-state index in [1.807, 2.05) is 10.8 Å². The van der Waals surface area contributed by atoms with E-state index < -0.39 is 17.7 Å². The summed E-state index contributed by atoms with van der Waals surface area (Å²) in [6, 6.07) is 9.25. The van der Waals surface area contributed by atoms with Crippen LogP contribution in [0, 0.1) is 0 Å². The number of benzene rings is 2. The molecule has 1 atom stereocenters. The Hall–Kier alpha value is -4.47. The van der Waals surface area contributed by atoms with E-state index in [-0.39, 0.29) is 18.1 Å². The van der Waals surface area contributed by atoms with Crippen molar-refractivity contribution in [2.45, 2.75) is 19.0 Å². The number of carbonyl (C=O) groups excluding carboxylic acids is 2. The van der Waals surface area contributed by atoms with Crippen LogP contribution < -0.4 is 18.9 Å². The van der Waals surface area contributed by atoms with Gasteiger partial charge < -0.3 is 33.5 Å². The molecule has 1 aromatic heterocycles. The Morgan fingerprint density at radius 2 is 1.86 bits per heavy atom. The second kappa shape index (κ2) is 9.65. The number of amides is 1. The maximum atomic E-state index is 13.3. The molecule has 3 heterocycles. The summed E-state index contributed by atoms with van der Waals surface area (Å²) in [4.78, 5) is 32.0. The molecule has 2 aromatic carbocycles. The van der Waals surface area contributed by atoms with Crippen molar-refractivity contribution in [1.82, 2.24) is 14.5 Å². The lowest BCUT2D eigenvalue weighted by molar-refractivity contribution is -0.139. The van der Waals surface area contributed by atoms with E-state index >= 15 is 0 Å². The van der Waals surface area contributed by atoms with E-state index in [2.05, 4.69) is 4.98 Å². The zero-order chi connectivity index (χ0) is 25.2. The number of aromatic nitrogens is 2. The summed E-state index contributed by atoms with van der Waals surface area (Å²) in [7, 11) is 2.99. The average molecular weight is 492 g/mol. The SMILES string of the molecule is COc1ccc(C(O)=C2C(=O)C(=O)N(CCCn3ccnc3)[C@@H]2c2ccc3c(c2)OCO3)cc1OC. The van der Waals surface area contributed by atoms with Crippen LogP contribution in [0.2, 0.25) is 0 Å². The van der Waals surface area contributed by atoms with Crippen molar-refractivity contribution in [3.05, 3.63) is 71.8 Å². The van der Waals surface area contributed by atoms with E-state index in [0.29, 0.717) is 53.6 Å². The first-order valence-electron chi connectivity index (χ1n) is 11.4. The molecule has 36 heavy (non-hydrogen) atoms. The molecular weight excluding hydrogens is 466 g/mol.